The van der Waals surface area contributed by atoms with Gasteiger partial charge in [0.1, 0.15) is 11.5 Å². The van der Waals surface area contributed by atoms with Gasteiger partial charge >= 0.3 is 5.97 Å². The summed E-state index contributed by atoms with van der Waals surface area (Å²) >= 11 is 0. The normalized spacial score (nSPS) is 11.4. The van der Waals surface area contributed by atoms with Crippen molar-refractivity contribution in [2.75, 3.05) is 4.72 Å². The average molecular weight is 375 g/mol. The van der Waals surface area contributed by atoms with E-state index in [4.69, 9.17) is 10.2 Å². The van der Waals surface area contributed by atoms with Crippen molar-refractivity contribution in [2.24, 2.45) is 0 Å². The number of carbonyl (C=O) groups is 1. The Morgan fingerprint density at radius 1 is 1.16 bits per heavy atom. The van der Waals surface area contributed by atoms with Crippen LogP contribution in [0, 0.1) is 24.4 Å². The third kappa shape index (κ3) is 3.44. The van der Waals surface area contributed by atoms with Gasteiger partial charge in [-0.3, -0.25) is 4.72 Å². The highest BCUT2D eigenvalue weighted by Gasteiger charge is 2.26. The number of aliphatic hydroxyl groups is 1. The standard InChI is InChI=1S/C15H12F3NO5S/c1-7-11(16)10(6-20)13(18)14(12(7)17)19-25(23,24)9-4-2-3-8(5-9)15(21)22/h2-5,19-20H,6H2,1H3,(H,21,22). The summed E-state index contributed by atoms with van der Waals surface area (Å²) in [5.74, 6) is -5.80. The Kier molecular flexibility index (Phi) is 5.04. The van der Waals surface area contributed by atoms with Crippen molar-refractivity contribution in [3.8, 4) is 0 Å². The van der Waals surface area contributed by atoms with E-state index in [1.165, 1.54) is 0 Å². The summed E-state index contributed by atoms with van der Waals surface area (Å²) in [7, 11) is -4.57. The quantitative estimate of drug-likeness (QED) is 0.745. The second-order valence-corrected chi connectivity index (χ2v) is 6.70. The minimum absolute atomic E-state index is 0.352. The summed E-state index contributed by atoms with van der Waals surface area (Å²) in [6, 6.07) is 4.09. The van der Waals surface area contributed by atoms with Crippen LogP contribution in [0.5, 0.6) is 0 Å². The van der Waals surface area contributed by atoms with Gasteiger partial charge in [0.2, 0.25) is 0 Å². The molecule has 0 aliphatic carbocycles. The van der Waals surface area contributed by atoms with Gasteiger partial charge in [0, 0.05) is 5.56 Å². The molecule has 0 radical (unpaired) electrons. The van der Waals surface area contributed by atoms with E-state index in [1.807, 2.05) is 0 Å². The van der Waals surface area contributed by atoms with E-state index in [0.717, 1.165) is 31.2 Å². The minimum Gasteiger partial charge on any atom is -0.478 e. The van der Waals surface area contributed by atoms with Gasteiger partial charge in [0.05, 0.1) is 22.6 Å². The first kappa shape index (κ1) is 18.7. The van der Waals surface area contributed by atoms with Crippen molar-refractivity contribution >= 4 is 21.7 Å². The number of rotatable bonds is 5. The number of anilines is 1. The first-order valence-corrected chi connectivity index (χ1v) is 8.21. The Bertz CT molecular complexity index is 960. The molecule has 6 nitrogen and oxygen atoms in total. The fraction of sp³-hybridized carbons (Fsp3) is 0.133. The predicted molar refractivity (Wildman–Crippen MR) is 81.2 cm³/mol. The van der Waals surface area contributed by atoms with Gasteiger partial charge in [0.15, 0.2) is 11.6 Å². The molecule has 2 aromatic carbocycles. The van der Waals surface area contributed by atoms with Crippen molar-refractivity contribution in [1.82, 2.24) is 0 Å². The lowest BCUT2D eigenvalue weighted by Gasteiger charge is -2.15. The van der Waals surface area contributed by atoms with E-state index >= 15 is 0 Å². The molecule has 0 aliphatic rings. The Balaban J connectivity index is 2.57. The molecule has 2 aromatic rings. The van der Waals surface area contributed by atoms with Gasteiger partial charge in [0.25, 0.3) is 10.0 Å². The molecule has 10 heteroatoms. The number of aliphatic hydroxyl groups excluding tert-OH is 1. The Labute approximate surface area is 140 Å². The van der Waals surface area contributed by atoms with Gasteiger partial charge in [-0.2, -0.15) is 0 Å². The molecular weight excluding hydrogens is 363 g/mol. The number of hydrogen-bond donors (Lipinski definition) is 3. The smallest absolute Gasteiger partial charge is 0.335 e. The van der Waals surface area contributed by atoms with E-state index in [0.29, 0.717) is 0 Å². The van der Waals surface area contributed by atoms with E-state index < -0.39 is 61.8 Å². The Morgan fingerprint density at radius 3 is 2.36 bits per heavy atom. The van der Waals surface area contributed by atoms with E-state index in [-0.39, 0.29) is 5.56 Å². The van der Waals surface area contributed by atoms with Crippen molar-refractivity contribution < 1.29 is 36.6 Å². The average Bonchev–Trinajstić information content (AvgIpc) is 2.57. The highest BCUT2D eigenvalue weighted by atomic mass is 32.2. The van der Waals surface area contributed by atoms with Crippen LogP contribution < -0.4 is 4.72 Å². The zero-order valence-corrected chi connectivity index (χ0v) is 13.5. The van der Waals surface area contributed by atoms with Gasteiger partial charge in [-0.25, -0.2) is 26.4 Å². The number of halogens is 3. The van der Waals surface area contributed by atoms with E-state index in [2.05, 4.69) is 0 Å². The van der Waals surface area contributed by atoms with Crippen LogP contribution in [0.3, 0.4) is 0 Å². The molecule has 0 amide bonds. The topological polar surface area (TPSA) is 104 Å². The molecule has 0 saturated carbocycles. The maximum Gasteiger partial charge on any atom is 0.335 e. The first-order chi connectivity index (χ1) is 11.6. The molecule has 3 N–H and O–H groups in total. The molecule has 134 valence electrons. The zero-order valence-electron chi connectivity index (χ0n) is 12.7. The summed E-state index contributed by atoms with van der Waals surface area (Å²) in [5.41, 5.74) is -3.09. The van der Waals surface area contributed by atoms with Gasteiger partial charge in [-0.1, -0.05) is 6.07 Å². The number of benzene rings is 2. The number of nitrogens with one attached hydrogen (secondary N) is 1. The second kappa shape index (κ2) is 6.73. The van der Waals surface area contributed by atoms with Crippen LogP contribution in [0.2, 0.25) is 0 Å². The van der Waals surface area contributed by atoms with Crippen LogP contribution in [0.1, 0.15) is 21.5 Å². The SMILES string of the molecule is Cc1c(F)c(CO)c(F)c(NS(=O)(=O)c2cccc(C(=O)O)c2)c1F. The molecule has 0 unspecified atom stereocenters. The molecule has 2 rings (SSSR count). The fourth-order valence-electron chi connectivity index (χ4n) is 2.07. The van der Waals surface area contributed by atoms with Crippen molar-refractivity contribution in [2.45, 2.75) is 18.4 Å². The summed E-state index contributed by atoms with van der Waals surface area (Å²) < 4.78 is 68.2. The highest BCUT2D eigenvalue weighted by molar-refractivity contribution is 7.92. The molecule has 0 heterocycles. The molecule has 25 heavy (non-hydrogen) atoms. The zero-order chi connectivity index (χ0) is 18.9. The van der Waals surface area contributed by atoms with Crippen LogP contribution in [0.25, 0.3) is 0 Å². The summed E-state index contributed by atoms with van der Waals surface area (Å²) in [6.45, 7) is -0.159. The van der Waals surface area contributed by atoms with Gasteiger partial charge in [-0.15, -0.1) is 0 Å². The lowest BCUT2D eigenvalue weighted by molar-refractivity contribution is 0.0696. The van der Waals surface area contributed by atoms with E-state index in [1.54, 1.807) is 4.72 Å². The number of aromatic carboxylic acids is 1. The molecule has 0 aromatic heterocycles. The van der Waals surface area contributed by atoms with Crippen molar-refractivity contribution in [3.63, 3.8) is 0 Å². The molecule has 0 spiro atoms. The number of carboxylic acid groups (broad SMARTS) is 1. The van der Waals surface area contributed by atoms with Crippen LogP contribution in [-0.2, 0) is 16.6 Å². The lowest BCUT2D eigenvalue weighted by Crippen LogP contribution is -2.18. The van der Waals surface area contributed by atoms with Crippen LogP contribution in [0.4, 0.5) is 18.9 Å². The molecule has 0 saturated heterocycles. The molecule has 0 atom stereocenters. The van der Waals surface area contributed by atoms with Crippen molar-refractivity contribution in [1.29, 1.82) is 0 Å². The number of carboxylic acids is 1. The Morgan fingerprint density at radius 2 is 1.80 bits per heavy atom. The Hall–Kier alpha value is -2.59. The predicted octanol–water partition coefficient (Wildman–Crippen LogP) is 2.40. The van der Waals surface area contributed by atoms with Crippen LogP contribution >= 0.6 is 0 Å². The third-order valence-electron chi connectivity index (χ3n) is 3.41. The van der Waals surface area contributed by atoms with Gasteiger partial charge in [-0.05, 0) is 25.1 Å². The molecule has 0 fully saturated rings. The molecular formula is C15H12F3NO5S. The molecule has 0 bridgehead atoms. The maximum absolute atomic E-state index is 14.2. The summed E-state index contributed by atoms with van der Waals surface area (Å²) in [4.78, 5) is 10.4. The monoisotopic (exact) mass is 375 g/mol. The minimum atomic E-state index is -4.57. The molecule has 0 aliphatic heterocycles. The number of sulfonamides is 1. The van der Waals surface area contributed by atoms with Gasteiger partial charge < -0.3 is 10.2 Å². The van der Waals surface area contributed by atoms with Crippen LogP contribution in [-0.4, -0.2) is 24.6 Å². The van der Waals surface area contributed by atoms with E-state index in [9.17, 15) is 26.4 Å². The second-order valence-electron chi connectivity index (χ2n) is 5.02. The largest absolute Gasteiger partial charge is 0.478 e. The maximum atomic E-state index is 14.2. The highest BCUT2D eigenvalue weighted by Crippen LogP contribution is 2.30. The number of hydrogen-bond acceptors (Lipinski definition) is 4. The summed E-state index contributed by atoms with van der Waals surface area (Å²) in [6.07, 6.45) is 0. The van der Waals surface area contributed by atoms with Crippen LogP contribution in [0.15, 0.2) is 29.2 Å². The van der Waals surface area contributed by atoms with Crippen molar-refractivity contribution in [3.05, 3.63) is 58.4 Å². The summed E-state index contributed by atoms with van der Waals surface area (Å²) in [5, 5.41) is 17.9. The third-order valence-corrected chi connectivity index (χ3v) is 4.76. The first-order valence-electron chi connectivity index (χ1n) is 6.73. The lowest BCUT2D eigenvalue weighted by atomic mass is 10.1. The fourth-order valence-corrected chi connectivity index (χ4v) is 3.18.